The number of carbonyl (C=O) groups excluding carboxylic acids is 1. The fourth-order valence-electron chi connectivity index (χ4n) is 2.55. The van der Waals surface area contributed by atoms with E-state index in [1.54, 1.807) is 5.06 Å². The summed E-state index contributed by atoms with van der Waals surface area (Å²) >= 11 is 0. The van der Waals surface area contributed by atoms with E-state index in [1.165, 1.54) is 0 Å². The Labute approximate surface area is 107 Å². The lowest BCUT2D eigenvalue weighted by atomic mass is 9.94. The third-order valence-electron chi connectivity index (χ3n) is 3.85. The highest BCUT2D eigenvalue weighted by molar-refractivity contribution is 5.90. The molecule has 1 amide bonds. The van der Waals surface area contributed by atoms with E-state index in [4.69, 9.17) is 10.6 Å². The van der Waals surface area contributed by atoms with Gasteiger partial charge in [-0.2, -0.15) is 0 Å². The molecule has 0 spiro atoms. The van der Waals surface area contributed by atoms with Crippen molar-refractivity contribution in [1.29, 1.82) is 0 Å². The number of benzene rings is 1. The maximum Gasteiger partial charge on any atom is 0.256 e. The van der Waals surface area contributed by atoms with Crippen LogP contribution in [0.15, 0.2) is 24.3 Å². The van der Waals surface area contributed by atoms with Gasteiger partial charge in [-0.1, -0.05) is 12.1 Å². The summed E-state index contributed by atoms with van der Waals surface area (Å²) in [5, 5.41) is 1.56. The molecule has 0 radical (unpaired) electrons. The molecule has 0 atom stereocenters. The summed E-state index contributed by atoms with van der Waals surface area (Å²) in [4.78, 5) is 18.0. The summed E-state index contributed by atoms with van der Waals surface area (Å²) in [5.74, 6) is 0.118. The Morgan fingerprint density at radius 1 is 1.22 bits per heavy atom. The van der Waals surface area contributed by atoms with Crippen molar-refractivity contribution in [3.63, 3.8) is 0 Å². The van der Waals surface area contributed by atoms with Gasteiger partial charge in [0.1, 0.15) is 0 Å². The smallest absolute Gasteiger partial charge is 0.256 e. The van der Waals surface area contributed by atoms with E-state index in [9.17, 15) is 4.79 Å². The molecule has 1 aromatic rings. The normalized spacial score (nSPS) is 21.7. The second-order valence-electron chi connectivity index (χ2n) is 5.15. The number of carbonyl (C=O) groups is 1. The van der Waals surface area contributed by atoms with Gasteiger partial charge < -0.3 is 5.73 Å². The molecular weight excluding hydrogens is 228 g/mol. The predicted molar refractivity (Wildman–Crippen MR) is 68.7 cm³/mol. The quantitative estimate of drug-likeness (QED) is 0.810. The third-order valence-corrected chi connectivity index (χ3v) is 3.85. The van der Waals surface area contributed by atoms with E-state index < -0.39 is 0 Å². The minimum absolute atomic E-state index is 0.118. The topological polar surface area (TPSA) is 55.6 Å². The minimum atomic E-state index is -0.342. The molecule has 2 fully saturated rings. The lowest BCUT2D eigenvalue weighted by Gasteiger charge is -2.29. The SMILES string of the molecule is Nc1ccc(C2(C(=O)N3CCCCO3)CC2)cc1. The van der Waals surface area contributed by atoms with Crippen LogP contribution in [-0.2, 0) is 15.0 Å². The second kappa shape index (κ2) is 4.28. The molecule has 0 bridgehead atoms. The lowest BCUT2D eigenvalue weighted by Crippen LogP contribution is -2.42. The van der Waals surface area contributed by atoms with Crippen molar-refractivity contribution in [3.8, 4) is 0 Å². The number of amides is 1. The van der Waals surface area contributed by atoms with Crippen LogP contribution in [0.3, 0.4) is 0 Å². The van der Waals surface area contributed by atoms with Crippen LogP contribution in [0, 0.1) is 0 Å². The third kappa shape index (κ3) is 1.86. The maximum atomic E-state index is 12.5. The highest BCUT2D eigenvalue weighted by Crippen LogP contribution is 2.50. The number of nitrogens with zero attached hydrogens (tertiary/aromatic N) is 1. The monoisotopic (exact) mass is 246 g/mol. The van der Waals surface area contributed by atoms with Crippen molar-refractivity contribution in [3.05, 3.63) is 29.8 Å². The van der Waals surface area contributed by atoms with Gasteiger partial charge in [-0.15, -0.1) is 0 Å². The number of rotatable bonds is 2. The zero-order valence-electron chi connectivity index (χ0n) is 10.4. The fraction of sp³-hybridized carbons (Fsp3) is 0.500. The Morgan fingerprint density at radius 3 is 2.50 bits per heavy atom. The van der Waals surface area contributed by atoms with Gasteiger partial charge >= 0.3 is 0 Å². The van der Waals surface area contributed by atoms with Gasteiger partial charge in [0.15, 0.2) is 0 Å². The van der Waals surface area contributed by atoms with Crippen molar-refractivity contribution >= 4 is 11.6 Å². The average Bonchev–Trinajstić information content (AvgIpc) is 3.21. The van der Waals surface area contributed by atoms with Gasteiger partial charge in [0, 0.05) is 12.2 Å². The molecule has 1 heterocycles. The Hall–Kier alpha value is -1.55. The van der Waals surface area contributed by atoms with E-state index in [0.29, 0.717) is 6.61 Å². The molecule has 1 aliphatic heterocycles. The Morgan fingerprint density at radius 2 is 1.94 bits per heavy atom. The molecular formula is C14H18N2O2. The molecule has 1 aliphatic carbocycles. The van der Waals surface area contributed by atoms with E-state index in [2.05, 4.69) is 0 Å². The molecule has 18 heavy (non-hydrogen) atoms. The van der Waals surface area contributed by atoms with Gasteiger partial charge in [-0.05, 0) is 43.4 Å². The van der Waals surface area contributed by atoms with Gasteiger partial charge in [0.25, 0.3) is 5.91 Å². The highest BCUT2D eigenvalue weighted by Gasteiger charge is 2.53. The molecule has 2 aliphatic rings. The number of anilines is 1. The fourth-order valence-corrected chi connectivity index (χ4v) is 2.55. The molecule has 0 unspecified atom stereocenters. The Kier molecular flexibility index (Phi) is 2.74. The average molecular weight is 246 g/mol. The molecule has 4 heteroatoms. The summed E-state index contributed by atoms with van der Waals surface area (Å²) in [6.07, 6.45) is 3.90. The first-order valence-electron chi connectivity index (χ1n) is 6.53. The Balaban J connectivity index is 1.81. The van der Waals surface area contributed by atoms with Crippen molar-refractivity contribution in [2.24, 2.45) is 0 Å². The number of nitrogen functional groups attached to an aromatic ring is 1. The van der Waals surface area contributed by atoms with Crippen LogP contribution < -0.4 is 5.73 Å². The predicted octanol–water partition coefficient (Wildman–Crippen LogP) is 1.85. The van der Waals surface area contributed by atoms with Crippen molar-refractivity contribution in [1.82, 2.24) is 5.06 Å². The summed E-state index contributed by atoms with van der Waals surface area (Å²) in [6, 6.07) is 7.65. The molecule has 3 rings (SSSR count). The first-order valence-corrected chi connectivity index (χ1v) is 6.53. The number of hydrogen-bond donors (Lipinski definition) is 1. The van der Waals surface area contributed by atoms with Crippen LogP contribution in [-0.4, -0.2) is 24.1 Å². The second-order valence-corrected chi connectivity index (χ2v) is 5.15. The van der Waals surface area contributed by atoms with Crippen molar-refractivity contribution in [2.45, 2.75) is 31.1 Å². The largest absolute Gasteiger partial charge is 0.399 e. The van der Waals surface area contributed by atoms with Crippen LogP contribution in [0.25, 0.3) is 0 Å². The summed E-state index contributed by atoms with van der Waals surface area (Å²) < 4.78 is 0. The molecule has 1 saturated carbocycles. The zero-order chi connectivity index (χ0) is 12.6. The molecule has 4 nitrogen and oxygen atoms in total. The van der Waals surface area contributed by atoms with E-state index in [1.807, 2.05) is 24.3 Å². The number of hydrogen-bond acceptors (Lipinski definition) is 3. The van der Waals surface area contributed by atoms with Crippen LogP contribution in [0.2, 0.25) is 0 Å². The van der Waals surface area contributed by atoms with E-state index in [0.717, 1.165) is 43.5 Å². The summed E-state index contributed by atoms with van der Waals surface area (Å²) in [7, 11) is 0. The summed E-state index contributed by atoms with van der Waals surface area (Å²) in [5.41, 5.74) is 7.15. The lowest BCUT2D eigenvalue weighted by molar-refractivity contribution is -0.199. The molecule has 2 N–H and O–H groups in total. The minimum Gasteiger partial charge on any atom is -0.399 e. The first-order chi connectivity index (χ1) is 8.72. The summed E-state index contributed by atoms with van der Waals surface area (Å²) in [6.45, 7) is 1.37. The highest BCUT2D eigenvalue weighted by atomic mass is 16.7. The van der Waals surface area contributed by atoms with E-state index >= 15 is 0 Å². The van der Waals surface area contributed by atoms with Crippen LogP contribution >= 0.6 is 0 Å². The van der Waals surface area contributed by atoms with Crippen molar-refractivity contribution in [2.75, 3.05) is 18.9 Å². The van der Waals surface area contributed by atoms with Crippen LogP contribution in [0.4, 0.5) is 5.69 Å². The number of hydroxylamine groups is 2. The van der Waals surface area contributed by atoms with Gasteiger partial charge in [-0.25, -0.2) is 5.06 Å². The van der Waals surface area contributed by atoms with Crippen molar-refractivity contribution < 1.29 is 9.63 Å². The first kappa shape index (κ1) is 11.5. The van der Waals surface area contributed by atoms with E-state index in [-0.39, 0.29) is 11.3 Å². The molecule has 0 aromatic heterocycles. The maximum absolute atomic E-state index is 12.5. The molecule has 1 aromatic carbocycles. The standard InChI is InChI=1S/C14H18N2O2/c15-12-5-3-11(4-6-12)14(7-8-14)13(17)16-9-1-2-10-18-16/h3-6H,1-2,7-10,15H2. The van der Waals surface area contributed by atoms with Gasteiger partial charge in [0.05, 0.1) is 12.0 Å². The molecule has 1 saturated heterocycles. The Bertz CT molecular complexity index is 445. The van der Waals surface area contributed by atoms with Crippen LogP contribution in [0.5, 0.6) is 0 Å². The van der Waals surface area contributed by atoms with Gasteiger partial charge in [-0.3, -0.25) is 9.63 Å². The number of nitrogens with two attached hydrogens (primary N) is 1. The molecule has 96 valence electrons. The zero-order valence-corrected chi connectivity index (χ0v) is 10.4. The van der Waals surface area contributed by atoms with Gasteiger partial charge in [0.2, 0.25) is 0 Å². The van der Waals surface area contributed by atoms with Crippen LogP contribution in [0.1, 0.15) is 31.2 Å².